The van der Waals surface area contributed by atoms with Crippen LogP contribution in [0.25, 0.3) is 43.6 Å². The zero-order valence-electron chi connectivity index (χ0n) is 17.6. The van der Waals surface area contributed by atoms with Crippen molar-refractivity contribution in [1.82, 2.24) is 14.5 Å². The number of nitrogens with zero attached hydrogens (tertiary/aromatic N) is 2. The van der Waals surface area contributed by atoms with Gasteiger partial charge in [-0.25, -0.2) is 4.79 Å². The average molecular weight is 455 g/mol. The molecule has 5 aromatic rings. The largest absolute Gasteiger partial charge is 0.479 e. The van der Waals surface area contributed by atoms with Crippen LogP contribution < -0.4 is 5.32 Å². The molecule has 7 rings (SSSR count). The monoisotopic (exact) mass is 455 g/mol. The van der Waals surface area contributed by atoms with Crippen molar-refractivity contribution in [2.75, 3.05) is 0 Å². The molecule has 0 radical (unpaired) electrons. The first-order valence-electron chi connectivity index (χ1n) is 10.8. The Morgan fingerprint density at radius 1 is 0.882 bits per heavy atom. The second-order valence-electron chi connectivity index (χ2n) is 8.96. The number of hydrogen-bond donors (Lipinski definition) is 4. The fourth-order valence-corrected chi connectivity index (χ4v) is 5.77. The Morgan fingerprint density at radius 2 is 1.38 bits per heavy atom. The lowest BCUT2D eigenvalue weighted by Crippen LogP contribution is -2.54. The summed E-state index contributed by atoms with van der Waals surface area (Å²) >= 11 is 0. The van der Waals surface area contributed by atoms with Gasteiger partial charge in [0.25, 0.3) is 11.8 Å². The molecule has 0 unspecified atom stereocenters. The zero-order valence-corrected chi connectivity index (χ0v) is 17.6. The third kappa shape index (κ3) is 2.04. The van der Waals surface area contributed by atoms with Gasteiger partial charge in [-0.1, -0.05) is 36.4 Å². The molecule has 0 spiro atoms. The van der Waals surface area contributed by atoms with Gasteiger partial charge in [-0.2, -0.15) is 0 Å². The van der Waals surface area contributed by atoms with Gasteiger partial charge in [-0.3, -0.25) is 14.9 Å². The molecule has 0 fully saturated rings. The number of benzene rings is 3. The second kappa shape index (κ2) is 6.02. The van der Waals surface area contributed by atoms with E-state index >= 15 is 0 Å². The predicted octanol–water partition coefficient (Wildman–Crippen LogP) is 1.98. The normalized spacial score (nSPS) is 22.0. The van der Waals surface area contributed by atoms with E-state index < -0.39 is 36.0 Å². The molecule has 2 aliphatic rings. The van der Waals surface area contributed by atoms with E-state index in [0.29, 0.717) is 43.6 Å². The van der Waals surface area contributed by atoms with E-state index in [1.807, 2.05) is 18.2 Å². The highest BCUT2D eigenvalue weighted by molar-refractivity contribution is 6.39. The van der Waals surface area contributed by atoms with Crippen LogP contribution in [-0.2, 0) is 17.9 Å². The quantitative estimate of drug-likeness (QED) is 0.286. The van der Waals surface area contributed by atoms with Crippen molar-refractivity contribution in [3.8, 4) is 0 Å². The summed E-state index contributed by atoms with van der Waals surface area (Å²) in [4.78, 5) is 38.3. The lowest BCUT2D eigenvalue weighted by Gasteiger charge is -2.32. The van der Waals surface area contributed by atoms with Crippen molar-refractivity contribution in [3.63, 3.8) is 0 Å². The summed E-state index contributed by atoms with van der Waals surface area (Å²) in [5.41, 5.74) is 0.431. The molecule has 2 amide bonds. The Morgan fingerprint density at radius 3 is 1.94 bits per heavy atom. The average Bonchev–Trinajstić information content (AvgIpc) is 3.41. The molecule has 2 atom stereocenters. The molecule has 4 N–H and O–H groups in total. The Labute approximate surface area is 190 Å². The Kier molecular flexibility index (Phi) is 3.41. The minimum Gasteiger partial charge on any atom is -0.479 e. The van der Waals surface area contributed by atoms with Crippen LogP contribution in [0.1, 0.15) is 20.7 Å². The second-order valence-corrected chi connectivity index (χ2v) is 8.96. The van der Waals surface area contributed by atoms with Gasteiger partial charge in [0.05, 0.1) is 35.2 Å². The Hall–Kier alpha value is -4.21. The van der Waals surface area contributed by atoms with E-state index in [4.69, 9.17) is 0 Å². The maximum atomic E-state index is 13.1. The summed E-state index contributed by atoms with van der Waals surface area (Å²) < 4.78 is 3.39. The standard InChI is InChI=1S/C25H17N3O6/c29-15-9-27-13-7-3-1-5-11(13)16-18-19(23(31)26-22(18)30)17-12-6-2-4-8-14(12)28(21(17)20(16)27)10-25(15,34)24(32)33/h1-8,15,29,34H,9-10H2,(H,32,33)(H,26,30,31)/t15-,25+/m1/s1. The van der Waals surface area contributed by atoms with Crippen molar-refractivity contribution in [1.29, 1.82) is 0 Å². The first-order chi connectivity index (χ1) is 16.3. The molecule has 9 nitrogen and oxygen atoms in total. The van der Waals surface area contributed by atoms with Crippen molar-refractivity contribution in [2.24, 2.45) is 0 Å². The van der Waals surface area contributed by atoms with E-state index in [-0.39, 0.29) is 17.7 Å². The molecule has 0 aliphatic carbocycles. The number of aliphatic hydroxyl groups is 2. The molecule has 34 heavy (non-hydrogen) atoms. The lowest BCUT2D eigenvalue weighted by atomic mass is 9.94. The number of aliphatic carboxylic acids is 1. The van der Waals surface area contributed by atoms with Crippen molar-refractivity contribution in [3.05, 3.63) is 59.7 Å². The Bertz CT molecular complexity index is 1800. The van der Waals surface area contributed by atoms with Crippen molar-refractivity contribution in [2.45, 2.75) is 24.8 Å². The number of carbonyl (C=O) groups is 3. The molecule has 0 bridgehead atoms. The number of nitrogens with one attached hydrogen (secondary N) is 1. The fourth-order valence-electron chi connectivity index (χ4n) is 5.77. The maximum absolute atomic E-state index is 13.1. The fraction of sp³-hybridized carbons (Fsp3) is 0.160. The van der Waals surface area contributed by atoms with Crippen LogP contribution >= 0.6 is 0 Å². The molecule has 9 heteroatoms. The van der Waals surface area contributed by atoms with Crippen LogP contribution in [-0.4, -0.2) is 53.9 Å². The summed E-state index contributed by atoms with van der Waals surface area (Å²) in [7, 11) is 0. The topological polar surface area (TPSA) is 134 Å². The predicted molar refractivity (Wildman–Crippen MR) is 123 cm³/mol. The van der Waals surface area contributed by atoms with Gasteiger partial charge in [-0.15, -0.1) is 0 Å². The molecular weight excluding hydrogens is 438 g/mol. The van der Waals surface area contributed by atoms with E-state index in [9.17, 15) is 29.7 Å². The number of fused-ring (bicyclic) bond motifs is 9. The number of imide groups is 1. The summed E-state index contributed by atoms with van der Waals surface area (Å²) in [6.07, 6.45) is -1.64. The molecule has 2 aliphatic heterocycles. The van der Waals surface area contributed by atoms with E-state index in [1.165, 1.54) is 0 Å². The van der Waals surface area contributed by atoms with E-state index in [2.05, 4.69) is 5.32 Å². The highest BCUT2D eigenvalue weighted by Crippen LogP contribution is 2.46. The molecule has 0 saturated heterocycles. The van der Waals surface area contributed by atoms with Crippen LogP contribution in [0.4, 0.5) is 0 Å². The van der Waals surface area contributed by atoms with Gasteiger partial charge in [0.2, 0.25) is 5.60 Å². The third-order valence-corrected chi connectivity index (χ3v) is 7.27. The van der Waals surface area contributed by atoms with Crippen LogP contribution in [0.3, 0.4) is 0 Å². The highest BCUT2D eigenvalue weighted by atomic mass is 16.4. The number of aromatic nitrogens is 2. The Balaban J connectivity index is 1.86. The van der Waals surface area contributed by atoms with Gasteiger partial charge in [0.15, 0.2) is 0 Å². The summed E-state index contributed by atoms with van der Waals surface area (Å²) in [6, 6.07) is 14.4. The highest BCUT2D eigenvalue weighted by Gasteiger charge is 2.47. The first-order valence-corrected chi connectivity index (χ1v) is 10.8. The smallest absolute Gasteiger partial charge is 0.340 e. The van der Waals surface area contributed by atoms with Gasteiger partial charge in [0.1, 0.15) is 6.10 Å². The third-order valence-electron chi connectivity index (χ3n) is 7.27. The number of carboxylic acid groups (broad SMARTS) is 1. The van der Waals surface area contributed by atoms with Gasteiger partial charge in [-0.05, 0) is 12.1 Å². The number of hydrogen-bond acceptors (Lipinski definition) is 5. The molecule has 168 valence electrons. The van der Waals surface area contributed by atoms with Gasteiger partial charge in [0, 0.05) is 32.6 Å². The molecule has 3 aromatic carbocycles. The first kappa shape index (κ1) is 19.3. The van der Waals surface area contributed by atoms with Crippen molar-refractivity contribution >= 4 is 61.4 Å². The van der Waals surface area contributed by atoms with E-state index in [0.717, 1.165) is 0 Å². The minimum atomic E-state index is -2.48. The van der Waals surface area contributed by atoms with E-state index in [1.54, 1.807) is 39.5 Å². The molecular formula is C25H17N3O6. The molecule has 2 aromatic heterocycles. The minimum absolute atomic E-state index is 0.211. The number of aliphatic hydroxyl groups excluding tert-OH is 1. The maximum Gasteiger partial charge on any atom is 0.340 e. The SMILES string of the molecule is O=C1NC(=O)c2c1c1c3ccccc3n3c1c1c2c2ccccc2n1C[C@@](O)(C(=O)O)[C@H](O)C3. The van der Waals surface area contributed by atoms with Crippen molar-refractivity contribution < 1.29 is 29.7 Å². The van der Waals surface area contributed by atoms with Crippen LogP contribution in [0.2, 0.25) is 0 Å². The van der Waals surface area contributed by atoms with Gasteiger partial charge >= 0.3 is 5.97 Å². The van der Waals surface area contributed by atoms with Crippen LogP contribution in [0, 0.1) is 0 Å². The number of para-hydroxylation sites is 2. The zero-order chi connectivity index (χ0) is 23.5. The number of amides is 2. The lowest BCUT2D eigenvalue weighted by molar-refractivity contribution is -0.175. The van der Waals surface area contributed by atoms with Crippen LogP contribution in [0.15, 0.2) is 48.5 Å². The number of carbonyl (C=O) groups excluding carboxylic acids is 2. The number of carboxylic acids is 1. The summed E-state index contributed by atoms with van der Waals surface area (Å²) in [6.45, 7) is -0.643. The van der Waals surface area contributed by atoms with Crippen LogP contribution in [0.5, 0.6) is 0 Å². The molecule has 0 saturated carbocycles. The van der Waals surface area contributed by atoms with Gasteiger partial charge < -0.3 is 24.5 Å². The summed E-state index contributed by atoms with van der Waals surface area (Å²) in [5, 5.41) is 37.0. The molecule has 4 heterocycles. The number of rotatable bonds is 1. The summed E-state index contributed by atoms with van der Waals surface area (Å²) in [5.74, 6) is -2.56.